The zero-order valence-corrected chi connectivity index (χ0v) is 14.8. The molecule has 27 heavy (non-hydrogen) atoms. The molecule has 0 radical (unpaired) electrons. The van der Waals surface area contributed by atoms with Crippen LogP contribution in [0.2, 0.25) is 0 Å². The Hall–Kier alpha value is -2.54. The quantitative estimate of drug-likeness (QED) is 0.722. The normalized spacial score (nSPS) is 22.6. The van der Waals surface area contributed by atoms with Gasteiger partial charge in [0.25, 0.3) is 0 Å². The van der Waals surface area contributed by atoms with Gasteiger partial charge < -0.3 is 10.6 Å². The van der Waals surface area contributed by atoms with E-state index in [1.165, 1.54) is 18.4 Å². The zero-order valence-electron chi connectivity index (χ0n) is 14.8. The molecule has 140 valence electrons. The third kappa shape index (κ3) is 3.16. The predicted octanol–water partition coefficient (Wildman–Crippen LogP) is 3.54. The van der Waals surface area contributed by atoms with Crippen LogP contribution in [0.15, 0.2) is 42.7 Å². The monoisotopic (exact) mass is 369 g/mol. The van der Waals surface area contributed by atoms with Crippen LogP contribution in [0.4, 0.5) is 14.6 Å². The van der Waals surface area contributed by atoms with Crippen molar-refractivity contribution >= 4 is 11.5 Å². The molecule has 0 amide bonds. The van der Waals surface area contributed by atoms with Crippen molar-refractivity contribution in [2.75, 3.05) is 18.4 Å². The van der Waals surface area contributed by atoms with Crippen LogP contribution in [0.5, 0.6) is 0 Å². The minimum Gasteiger partial charge on any atom is -0.365 e. The lowest BCUT2D eigenvalue weighted by molar-refractivity contribution is 0.0825. The van der Waals surface area contributed by atoms with Crippen molar-refractivity contribution < 1.29 is 8.78 Å². The predicted molar refractivity (Wildman–Crippen MR) is 100 cm³/mol. The van der Waals surface area contributed by atoms with Gasteiger partial charge in [0.15, 0.2) is 0 Å². The summed E-state index contributed by atoms with van der Waals surface area (Å²) < 4.78 is 28.4. The van der Waals surface area contributed by atoms with E-state index in [2.05, 4.69) is 37.3 Å². The van der Waals surface area contributed by atoms with E-state index in [4.69, 9.17) is 0 Å². The van der Waals surface area contributed by atoms with Gasteiger partial charge in [-0.05, 0) is 42.5 Å². The Labute approximate surface area is 155 Å². The van der Waals surface area contributed by atoms with Crippen molar-refractivity contribution in [3.8, 4) is 11.4 Å². The lowest BCUT2D eigenvalue weighted by atomic mass is 10.0. The highest BCUT2D eigenvalue weighted by Gasteiger charge is 2.34. The molecular weight excluding hydrogens is 348 g/mol. The zero-order chi connectivity index (χ0) is 18.4. The summed E-state index contributed by atoms with van der Waals surface area (Å²) in [7, 11) is 0. The fourth-order valence-electron chi connectivity index (χ4n) is 3.81. The second-order valence-corrected chi connectivity index (χ2v) is 7.42. The molecule has 4 heterocycles. The topological polar surface area (TPSA) is 54.2 Å². The summed E-state index contributed by atoms with van der Waals surface area (Å²) >= 11 is 0. The van der Waals surface area contributed by atoms with Crippen molar-refractivity contribution in [2.24, 2.45) is 5.92 Å². The molecule has 3 aromatic rings. The fourth-order valence-corrected chi connectivity index (χ4v) is 3.81. The number of hydrogen-bond donors (Lipinski definition) is 2. The molecule has 3 aromatic heterocycles. The van der Waals surface area contributed by atoms with Gasteiger partial charge in [-0.15, -0.1) is 0 Å². The molecule has 1 aliphatic carbocycles. The lowest BCUT2D eigenvalue weighted by Crippen LogP contribution is -2.32. The summed E-state index contributed by atoms with van der Waals surface area (Å²) in [5, 5.41) is 6.21. The van der Waals surface area contributed by atoms with Crippen molar-refractivity contribution in [1.29, 1.82) is 0 Å². The maximum atomic E-state index is 13.2. The van der Waals surface area contributed by atoms with Crippen LogP contribution in [-0.2, 0) is 0 Å². The molecule has 1 saturated carbocycles. The highest BCUT2D eigenvalue weighted by molar-refractivity contribution is 5.62. The Morgan fingerprint density at radius 3 is 2.85 bits per heavy atom. The molecule has 0 spiro atoms. The molecule has 0 unspecified atom stereocenters. The first-order valence-corrected chi connectivity index (χ1v) is 9.39. The first kappa shape index (κ1) is 16.6. The van der Waals surface area contributed by atoms with E-state index < -0.39 is 12.3 Å². The van der Waals surface area contributed by atoms with Gasteiger partial charge in [-0.2, -0.15) is 0 Å². The van der Waals surface area contributed by atoms with Gasteiger partial charge in [0, 0.05) is 25.3 Å². The van der Waals surface area contributed by atoms with E-state index in [1.807, 2.05) is 30.5 Å². The Kier molecular flexibility index (Phi) is 4.04. The number of rotatable bonds is 5. The number of pyridine rings is 2. The van der Waals surface area contributed by atoms with Crippen LogP contribution in [-0.4, -0.2) is 39.9 Å². The van der Waals surface area contributed by atoms with E-state index in [0.29, 0.717) is 24.8 Å². The van der Waals surface area contributed by atoms with Crippen molar-refractivity contribution in [2.45, 2.75) is 31.2 Å². The summed E-state index contributed by atoms with van der Waals surface area (Å²) in [5.74, 6) is 0.569. The average molecular weight is 369 g/mol. The summed E-state index contributed by atoms with van der Waals surface area (Å²) in [6.07, 6.45) is 4.10. The van der Waals surface area contributed by atoms with Gasteiger partial charge in [0.2, 0.25) is 6.43 Å². The van der Waals surface area contributed by atoms with Gasteiger partial charge in [0.05, 0.1) is 23.5 Å². The number of nitrogens with one attached hydrogen (secondary N) is 2. The molecule has 0 aromatic carbocycles. The molecule has 7 heteroatoms. The van der Waals surface area contributed by atoms with Gasteiger partial charge in [-0.3, -0.25) is 4.40 Å². The third-order valence-electron chi connectivity index (χ3n) is 5.51. The van der Waals surface area contributed by atoms with E-state index in [-0.39, 0.29) is 6.04 Å². The minimum absolute atomic E-state index is 0.323. The highest BCUT2D eigenvalue weighted by atomic mass is 19.3. The smallest absolute Gasteiger partial charge is 0.244 e. The van der Waals surface area contributed by atoms with E-state index in [1.54, 1.807) is 0 Å². The number of imidazole rings is 1. The Bertz CT molecular complexity index is 966. The molecule has 0 bridgehead atoms. The van der Waals surface area contributed by atoms with Crippen molar-refractivity contribution in [3.05, 3.63) is 48.3 Å². The Morgan fingerprint density at radius 1 is 1.15 bits per heavy atom. The SMILES string of the molecule is FC(F)[C@H]1CNC[C@@H]1Nc1cccc(-c2cnc3ccc(C4CC4)cn23)n1. The average Bonchev–Trinajstić information content (AvgIpc) is 3.27. The third-order valence-corrected chi connectivity index (χ3v) is 5.51. The number of alkyl halides is 2. The number of fused-ring (bicyclic) bond motifs is 1. The Morgan fingerprint density at radius 2 is 2.04 bits per heavy atom. The second-order valence-electron chi connectivity index (χ2n) is 7.42. The molecule has 5 nitrogen and oxygen atoms in total. The standard InChI is InChI=1S/C20H21F2N5/c21-20(22)14-8-23-9-16(14)26-18-3-1-2-15(25-18)17-10-24-19-7-6-13(11-27(17)19)12-4-5-12/h1-3,6-7,10-12,14,16,20,23H,4-5,8-9H2,(H,25,26)/t14-,16-/m0/s1. The minimum atomic E-state index is -2.35. The first-order chi connectivity index (χ1) is 13.2. The van der Waals surface area contributed by atoms with Crippen molar-refractivity contribution in [1.82, 2.24) is 19.7 Å². The van der Waals surface area contributed by atoms with Crippen molar-refractivity contribution in [3.63, 3.8) is 0 Å². The molecular formula is C20H21F2N5. The van der Waals surface area contributed by atoms with E-state index >= 15 is 0 Å². The van der Waals surface area contributed by atoms with Crippen LogP contribution < -0.4 is 10.6 Å². The number of nitrogens with zero attached hydrogens (tertiary/aromatic N) is 3. The number of aromatic nitrogens is 3. The molecule has 2 fully saturated rings. The van der Waals surface area contributed by atoms with Gasteiger partial charge in [0.1, 0.15) is 11.5 Å². The number of halogens is 2. The summed E-state index contributed by atoms with van der Waals surface area (Å²) in [5.41, 5.74) is 3.89. The summed E-state index contributed by atoms with van der Waals surface area (Å²) in [6.45, 7) is 0.841. The number of hydrogen-bond acceptors (Lipinski definition) is 4. The fraction of sp³-hybridized carbons (Fsp3) is 0.400. The van der Waals surface area contributed by atoms with E-state index in [9.17, 15) is 8.78 Å². The Balaban J connectivity index is 1.45. The van der Waals surface area contributed by atoms with Gasteiger partial charge >= 0.3 is 0 Å². The van der Waals surface area contributed by atoms with Gasteiger partial charge in [-0.25, -0.2) is 18.7 Å². The van der Waals surface area contributed by atoms with Crippen LogP contribution in [0.3, 0.4) is 0 Å². The summed E-state index contributed by atoms with van der Waals surface area (Å²) in [6, 6.07) is 9.51. The molecule has 2 N–H and O–H groups in total. The summed E-state index contributed by atoms with van der Waals surface area (Å²) in [4.78, 5) is 9.15. The largest absolute Gasteiger partial charge is 0.365 e. The first-order valence-electron chi connectivity index (χ1n) is 9.39. The molecule has 1 saturated heterocycles. The lowest BCUT2D eigenvalue weighted by Gasteiger charge is -2.20. The number of anilines is 1. The highest BCUT2D eigenvalue weighted by Crippen LogP contribution is 2.40. The molecule has 1 aliphatic heterocycles. The van der Waals surface area contributed by atoms with Crippen LogP contribution >= 0.6 is 0 Å². The maximum Gasteiger partial charge on any atom is 0.244 e. The molecule has 5 rings (SSSR count). The van der Waals surface area contributed by atoms with Crippen LogP contribution in [0.1, 0.15) is 24.3 Å². The second kappa shape index (κ2) is 6.56. The maximum absolute atomic E-state index is 13.2. The van der Waals surface area contributed by atoms with E-state index in [0.717, 1.165) is 17.0 Å². The molecule has 2 aliphatic rings. The van der Waals surface area contributed by atoms with Gasteiger partial charge in [-0.1, -0.05) is 12.1 Å². The molecule has 2 atom stereocenters. The van der Waals surface area contributed by atoms with Crippen LogP contribution in [0, 0.1) is 5.92 Å². The van der Waals surface area contributed by atoms with Crippen LogP contribution in [0.25, 0.3) is 17.0 Å².